The molecular weight excluding hydrogens is 232 g/mol. The fraction of sp³-hybridized carbons (Fsp3) is 0.250. The second-order valence-corrected chi connectivity index (χ2v) is 4.96. The molecule has 0 spiro atoms. The predicted molar refractivity (Wildman–Crippen MR) is 71.5 cm³/mol. The van der Waals surface area contributed by atoms with Gasteiger partial charge in [-0.2, -0.15) is 0 Å². The highest BCUT2D eigenvalue weighted by molar-refractivity contribution is 7.09. The number of hydrogen-bond acceptors (Lipinski definition) is 5. The van der Waals surface area contributed by atoms with Crippen LogP contribution in [0.15, 0.2) is 36.0 Å². The first-order valence-electron chi connectivity index (χ1n) is 5.46. The minimum atomic E-state index is 0.181. The Morgan fingerprint density at radius 1 is 1.35 bits per heavy atom. The van der Waals surface area contributed by atoms with Crippen molar-refractivity contribution in [2.45, 2.75) is 18.9 Å². The van der Waals surface area contributed by atoms with Crippen molar-refractivity contribution < 1.29 is 0 Å². The van der Waals surface area contributed by atoms with Gasteiger partial charge in [-0.05, 0) is 35.9 Å². The van der Waals surface area contributed by atoms with Crippen molar-refractivity contribution in [3.63, 3.8) is 0 Å². The Morgan fingerprint density at radius 2 is 2.24 bits per heavy atom. The number of rotatable bonds is 5. The number of nitrogens with zero attached hydrogens (tertiary/aromatic N) is 1. The van der Waals surface area contributed by atoms with E-state index in [2.05, 4.69) is 21.9 Å². The average molecular weight is 248 g/mol. The maximum Gasteiger partial charge on any atom is 0.0378 e. The summed E-state index contributed by atoms with van der Waals surface area (Å²) in [5.74, 6) is 5.58. The van der Waals surface area contributed by atoms with E-state index in [0.717, 1.165) is 24.1 Å². The lowest BCUT2D eigenvalue weighted by Gasteiger charge is -2.15. The second-order valence-electron chi connectivity index (χ2n) is 3.93. The third-order valence-electron chi connectivity index (χ3n) is 2.67. The van der Waals surface area contributed by atoms with Gasteiger partial charge in [-0.25, -0.2) is 0 Å². The zero-order valence-electron chi connectivity index (χ0n) is 9.47. The molecule has 1 unspecified atom stereocenters. The van der Waals surface area contributed by atoms with E-state index in [4.69, 9.17) is 11.6 Å². The normalized spacial score (nSPS) is 12.5. The highest BCUT2D eigenvalue weighted by atomic mass is 32.1. The number of hydrogen-bond donors (Lipinski definition) is 3. The molecular formula is C12H16N4S. The first-order valence-corrected chi connectivity index (χ1v) is 6.34. The average Bonchev–Trinajstić information content (AvgIpc) is 2.84. The van der Waals surface area contributed by atoms with Gasteiger partial charge in [-0.3, -0.25) is 16.3 Å². The molecule has 0 aliphatic heterocycles. The highest BCUT2D eigenvalue weighted by Crippen LogP contribution is 2.16. The third-order valence-corrected chi connectivity index (χ3v) is 3.57. The molecule has 2 aromatic rings. The molecule has 0 aliphatic carbocycles. The predicted octanol–water partition coefficient (Wildman–Crippen LogP) is 1.34. The van der Waals surface area contributed by atoms with Gasteiger partial charge in [0.15, 0.2) is 0 Å². The topological polar surface area (TPSA) is 77.0 Å². The van der Waals surface area contributed by atoms with Crippen molar-refractivity contribution >= 4 is 17.0 Å². The fourth-order valence-corrected chi connectivity index (χ4v) is 2.52. The Balaban J connectivity index is 2.03. The van der Waals surface area contributed by atoms with Gasteiger partial charge >= 0.3 is 0 Å². The molecule has 0 fully saturated rings. The summed E-state index contributed by atoms with van der Waals surface area (Å²) < 4.78 is 0. The van der Waals surface area contributed by atoms with Crippen LogP contribution in [-0.4, -0.2) is 11.0 Å². The van der Waals surface area contributed by atoms with Crippen molar-refractivity contribution in [2.75, 3.05) is 5.73 Å². The maximum absolute atomic E-state index is 5.89. The van der Waals surface area contributed by atoms with E-state index in [1.165, 1.54) is 4.88 Å². The summed E-state index contributed by atoms with van der Waals surface area (Å²) in [4.78, 5) is 5.40. The molecule has 0 aromatic carbocycles. The number of nitrogens with one attached hydrogen (secondary N) is 1. The molecule has 90 valence electrons. The van der Waals surface area contributed by atoms with Crippen LogP contribution in [0, 0.1) is 0 Å². The number of nitrogens with two attached hydrogens (primary N) is 2. The number of aromatic nitrogens is 1. The molecule has 2 heterocycles. The second kappa shape index (κ2) is 5.77. The monoisotopic (exact) mass is 248 g/mol. The molecule has 1 atom stereocenters. The van der Waals surface area contributed by atoms with Crippen molar-refractivity contribution in [3.8, 4) is 0 Å². The van der Waals surface area contributed by atoms with Crippen molar-refractivity contribution in [1.82, 2.24) is 10.4 Å². The van der Waals surface area contributed by atoms with Gasteiger partial charge in [0.2, 0.25) is 0 Å². The van der Waals surface area contributed by atoms with Crippen LogP contribution in [0.5, 0.6) is 0 Å². The van der Waals surface area contributed by atoms with Crippen LogP contribution in [0.25, 0.3) is 0 Å². The SMILES string of the molecule is NNC(Cc1cccs1)Cc1cnccc1N. The van der Waals surface area contributed by atoms with Gasteiger partial charge in [0.25, 0.3) is 0 Å². The van der Waals surface area contributed by atoms with Crippen LogP contribution >= 0.6 is 11.3 Å². The Hall–Kier alpha value is -1.43. The number of pyridine rings is 1. The van der Waals surface area contributed by atoms with Gasteiger partial charge in [-0.15, -0.1) is 11.3 Å². The van der Waals surface area contributed by atoms with E-state index in [1.807, 2.05) is 12.1 Å². The van der Waals surface area contributed by atoms with Crippen LogP contribution < -0.4 is 17.0 Å². The zero-order valence-corrected chi connectivity index (χ0v) is 10.3. The molecule has 0 bridgehead atoms. The molecule has 4 nitrogen and oxygen atoms in total. The molecule has 0 saturated heterocycles. The molecule has 2 rings (SSSR count). The standard InChI is InChI=1S/C12H16N4S/c13-12-3-4-15-8-9(12)6-10(16-14)7-11-2-1-5-17-11/h1-5,8,10,16H,6-7,14H2,(H2,13,15). The van der Waals surface area contributed by atoms with Crippen molar-refractivity contribution in [2.24, 2.45) is 5.84 Å². The van der Waals surface area contributed by atoms with E-state index >= 15 is 0 Å². The van der Waals surface area contributed by atoms with Crippen molar-refractivity contribution in [1.29, 1.82) is 0 Å². The molecule has 0 amide bonds. The fourth-order valence-electron chi connectivity index (χ4n) is 1.74. The lowest BCUT2D eigenvalue weighted by atomic mass is 10.0. The number of nitrogen functional groups attached to an aromatic ring is 1. The van der Waals surface area contributed by atoms with E-state index < -0.39 is 0 Å². The summed E-state index contributed by atoms with van der Waals surface area (Å²) in [6.45, 7) is 0. The molecule has 0 saturated carbocycles. The van der Waals surface area contributed by atoms with Gasteiger partial charge < -0.3 is 5.73 Å². The summed E-state index contributed by atoms with van der Waals surface area (Å²) in [6.07, 6.45) is 5.19. The smallest absolute Gasteiger partial charge is 0.0378 e. The number of thiophene rings is 1. The number of anilines is 1. The van der Waals surface area contributed by atoms with E-state index in [9.17, 15) is 0 Å². The summed E-state index contributed by atoms with van der Waals surface area (Å²) in [7, 11) is 0. The molecule has 0 radical (unpaired) electrons. The molecule has 0 aliphatic rings. The summed E-state index contributed by atoms with van der Waals surface area (Å²) >= 11 is 1.74. The largest absolute Gasteiger partial charge is 0.398 e. The van der Waals surface area contributed by atoms with Gasteiger partial charge in [0.1, 0.15) is 0 Å². The minimum Gasteiger partial charge on any atom is -0.398 e. The van der Waals surface area contributed by atoms with E-state index in [-0.39, 0.29) is 6.04 Å². The molecule has 17 heavy (non-hydrogen) atoms. The van der Waals surface area contributed by atoms with Crippen molar-refractivity contribution in [3.05, 3.63) is 46.4 Å². The Labute approximate surface area is 105 Å². The zero-order chi connectivity index (χ0) is 12.1. The molecule has 2 aromatic heterocycles. The van der Waals surface area contributed by atoms with E-state index in [0.29, 0.717) is 0 Å². The van der Waals surface area contributed by atoms with Gasteiger partial charge in [-0.1, -0.05) is 6.07 Å². The summed E-state index contributed by atoms with van der Waals surface area (Å²) in [5.41, 5.74) is 10.5. The lowest BCUT2D eigenvalue weighted by molar-refractivity contribution is 0.525. The molecule has 5 heteroatoms. The Kier molecular flexibility index (Phi) is 4.08. The van der Waals surface area contributed by atoms with Crippen LogP contribution in [0.3, 0.4) is 0 Å². The number of hydrazine groups is 1. The highest BCUT2D eigenvalue weighted by Gasteiger charge is 2.11. The van der Waals surface area contributed by atoms with Gasteiger partial charge in [0, 0.05) is 29.0 Å². The minimum absolute atomic E-state index is 0.181. The van der Waals surface area contributed by atoms with Crippen LogP contribution in [0.4, 0.5) is 5.69 Å². The Bertz CT molecular complexity index is 455. The van der Waals surface area contributed by atoms with Crippen LogP contribution in [0.1, 0.15) is 10.4 Å². The van der Waals surface area contributed by atoms with Crippen LogP contribution in [-0.2, 0) is 12.8 Å². The maximum atomic E-state index is 5.89. The summed E-state index contributed by atoms with van der Waals surface area (Å²) in [6, 6.07) is 6.15. The van der Waals surface area contributed by atoms with Crippen LogP contribution in [0.2, 0.25) is 0 Å². The first kappa shape index (κ1) is 12.0. The summed E-state index contributed by atoms with van der Waals surface area (Å²) in [5, 5.41) is 2.07. The Morgan fingerprint density at radius 3 is 2.88 bits per heavy atom. The third kappa shape index (κ3) is 3.26. The molecule has 5 N–H and O–H groups in total. The van der Waals surface area contributed by atoms with Gasteiger partial charge in [0.05, 0.1) is 0 Å². The quantitative estimate of drug-likeness (QED) is 0.551. The first-order chi connectivity index (χ1) is 8.29. The lowest BCUT2D eigenvalue weighted by Crippen LogP contribution is -2.38. The van der Waals surface area contributed by atoms with E-state index in [1.54, 1.807) is 23.7 Å².